The highest BCUT2D eigenvalue weighted by Gasteiger charge is 2.50. The normalized spacial score (nSPS) is 29.2. The molecule has 0 saturated carbocycles. The van der Waals surface area contributed by atoms with Crippen LogP contribution in [0.1, 0.15) is 13.8 Å². The van der Waals surface area contributed by atoms with Gasteiger partial charge in [-0.25, -0.2) is 4.57 Å². The summed E-state index contributed by atoms with van der Waals surface area (Å²) in [6.07, 6.45) is -4.29. The van der Waals surface area contributed by atoms with Gasteiger partial charge in [0, 0.05) is 21.0 Å². The van der Waals surface area contributed by atoms with Crippen LogP contribution in [0.4, 0.5) is 0 Å². The molecule has 1 fully saturated rings. The highest BCUT2D eigenvalue weighted by molar-refractivity contribution is 7.46. The molecule has 0 spiro atoms. The van der Waals surface area contributed by atoms with Crippen molar-refractivity contribution >= 4 is 19.8 Å². The van der Waals surface area contributed by atoms with Crippen molar-refractivity contribution in [1.29, 1.82) is 0 Å². The predicted molar refractivity (Wildman–Crippen MR) is 64.8 cm³/mol. The molecule has 2 N–H and O–H groups in total. The molecule has 1 rings (SSSR count). The average Bonchev–Trinajstić information content (AvgIpc) is 2.63. The van der Waals surface area contributed by atoms with Crippen molar-refractivity contribution in [1.82, 2.24) is 0 Å². The van der Waals surface area contributed by atoms with Gasteiger partial charge < -0.3 is 28.7 Å². The smallest absolute Gasteiger partial charge is 0.455 e. The third-order valence-electron chi connectivity index (χ3n) is 2.51. The summed E-state index contributed by atoms with van der Waals surface area (Å²) in [5.74, 6) is -1.34. The molecule has 1 aliphatic heterocycles. The van der Waals surface area contributed by atoms with Gasteiger partial charge in [-0.1, -0.05) is 0 Å². The summed E-state index contributed by atoms with van der Waals surface area (Å²) in [5, 5.41) is 0. The molecule has 11 heteroatoms. The van der Waals surface area contributed by atoms with Crippen LogP contribution in [0.25, 0.3) is 0 Å². The number of methoxy groups -OCH3 is 1. The molecular weight excluding hydrogens is 311 g/mol. The topological polar surface area (TPSA) is 138 Å². The Hall–Kier alpha value is -1.03. The number of phosphoric ester groups is 1. The Morgan fingerprint density at radius 2 is 1.67 bits per heavy atom. The van der Waals surface area contributed by atoms with Gasteiger partial charge in [0.25, 0.3) is 0 Å². The maximum absolute atomic E-state index is 11.1. The summed E-state index contributed by atoms with van der Waals surface area (Å²) in [6, 6.07) is 0. The number of hydrogen-bond donors (Lipinski definition) is 2. The zero-order valence-electron chi connectivity index (χ0n) is 11.6. The fourth-order valence-corrected chi connectivity index (χ4v) is 2.18. The van der Waals surface area contributed by atoms with E-state index in [0.29, 0.717) is 0 Å². The van der Waals surface area contributed by atoms with Crippen LogP contribution in [0.2, 0.25) is 0 Å². The lowest BCUT2D eigenvalue weighted by Crippen LogP contribution is -2.41. The maximum atomic E-state index is 11.1. The molecule has 10 nitrogen and oxygen atoms in total. The van der Waals surface area contributed by atoms with Crippen molar-refractivity contribution in [2.24, 2.45) is 0 Å². The fraction of sp³-hybridized carbons (Fsp3) is 0.800. The van der Waals surface area contributed by atoms with Crippen molar-refractivity contribution in [2.75, 3.05) is 13.7 Å². The summed E-state index contributed by atoms with van der Waals surface area (Å²) in [6.45, 7) is 1.71. The Labute approximate surface area is 120 Å². The number of esters is 2. The first-order valence-corrected chi connectivity index (χ1v) is 7.40. The molecule has 0 aromatic heterocycles. The SMILES string of the molecule is CO[C@@H]1O[C@H](COP(=O)(O)O)[C@@H](OC(C)=O)[C@H]1OC(C)=O. The van der Waals surface area contributed by atoms with Gasteiger partial charge in [0.2, 0.25) is 0 Å². The van der Waals surface area contributed by atoms with Gasteiger partial charge in [-0.3, -0.25) is 14.1 Å². The molecule has 0 aliphatic carbocycles. The monoisotopic (exact) mass is 328 g/mol. The highest BCUT2D eigenvalue weighted by Crippen LogP contribution is 2.38. The van der Waals surface area contributed by atoms with E-state index in [4.69, 9.17) is 28.7 Å². The molecule has 0 unspecified atom stereocenters. The Morgan fingerprint density at radius 3 is 2.10 bits per heavy atom. The number of rotatable bonds is 6. The Balaban J connectivity index is 2.87. The van der Waals surface area contributed by atoms with E-state index >= 15 is 0 Å². The zero-order chi connectivity index (χ0) is 16.2. The van der Waals surface area contributed by atoms with Crippen LogP contribution < -0.4 is 0 Å². The number of carbonyl (C=O) groups is 2. The van der Waals surface area contributed by atoms with Crippen LogP contribution in [-0.4, -0.2) is 60.0 Å². The minimum absolute atomic E-state index is 0.570. The predicted octanol–water partition coefficient (Wildman–Crippen LogP) is -0.670. The van der Waals surface area contributed by atoms with E-state index in [1.165, 1.54) is 7.11 Å². The lowest BCUT2D eigenvalue weighted by molar-refractivity contribution is -0.181. The molecule has 0 radical (unpaired) electrons. The summed E-state index contributed by atoms with van der Waals surface area (Å²) in [4.78, 5) is 39.6. The van der Waals surface area contributed by atoms with Crippen LogP contribution in [0.5, 0.6) is 0 Å². The number of carbonyl (C=O) groups excluding carboxylic acids is 2. The zero-order valence-corrected chi connectivity index (χ0v) is 12.5. The van der Waals surface area contributed by atoms with Gasteiger partial charge in [0.1, 0.15) is 6.10 Å². The van der Waals surface area contributed by atoms with E-state index in [9.17, 15) is 14.2 Å². The van der Waals surface area contributed by atoms with Gasteiger partial charge in [0.05, 0.1) is 6.61 Å². The van der Waals surface area contributed by atoms with Crippen LogP contribution >= 0.6 is 7.82 Å². The lowest BCUT2D eigenvalue weighted by atomic mass is 10.1. The Morgan fingerprint density at radius 1 is 1.14 bits per heavy atom. The first-order chi connectivity index (χ1) is 9.64. The van der Waals surface area contributed by atoms with E-state index in [0.717, 1.165) is 13.8 Å². The Kier molecular flexibility index (Phi) is 6.26. The first kappa shape index (κ1) is 18.0. The number of hydrogen-bond acceptors (Lipinski definition) is 8. The Bertz CT molecular complexity index is 432. The molecule has 4 atom stereocenters. The number of phosphoric acid groups is 1. The molecule has 0 amide bonds. The quantitative estimate of drug-likeness (QED) is 0.477. The van der Waals surface area contributed by atoms with Gasteiger partial charge in [-0.2, -0.15) is 0 Å². The molecule has 0 bridgehead atoms. The second-order valence-electron chi connectivity index (χ2n) is 4.21. The van der Waals surface area contributed by atoms with Gasteiger partial charge in [-0.15, -0.1) is 0 Å². The van der Waals surface area contributed by atoms with Crippen LogP contribution in [0, 0.1) is 0 Å². The lowest BCUT2D eigenvalue weighted by Gasteiger charge is -2.22. The minimum atomic E-state index is -4.72. The molecule has 21 heavy (non-hydrogen) atoms. The molecule has 0 aromatic carbocycles. The van der Waals surface area contributed by atoms with Gasteiger partial charge in [0.15, 0.2) is 18.5 Å². The maximum Gasteiger partial charge on any atom is 0.469 e. The van der Waals surface area contributed by atoms with E-state index in [1.54, 1.807) is 0 Å². The van der Waals surface area contributed by atoms with Crippen molar-refractivity contribution < 1.29 is 47.4 Å². The molecule has 122 valence electrons. The molecule has 1 aliphatic rings. The van der Waals surface area contributed by atoms with Crippen LogP contribution in [0.3, 0.4) is 0 Å². The summed E-state index contributed by atoms with van der Waals surface area (Å²) in [5.41, 5.74) is 0. The molecule has 0 aromatic rings. The third-order valence-corrected chi connectivity index (χ3v) is 3.00. The van der Waals surface area contributed by atoms with Crippen LogP contribution in [0.15, 0.2) is 0 Å². The van der Waals surface area contributed by atoms with Gasteiger partial charge in [-0.05, 0) is 0 Å². The molecule has 1 heterocycles. The van der Waals surface area contributed by atoms with E-state index in [2.05, 4.69) is 4.52 Å². The van der Waals surface area contributed by atoms with E-state index < -0.39 is 51.0 Å². The molecule has 1 saturated heterocycles. The largest absolute Gasteiger partial charge is 0.469 e. The average molecular weight is 328 g/mol. The van der Waals surface area contributed by atoms with Crippen molar-refractivity contribution in [2.45, 2.75) is 38.4 Å². The first-order valence-electron chi connectivity index (χ1n) is 5.87. The second kappa shape index (κ2) is 7.30. The molecular formula is C10H17O10P. The van der Waals surface area contributed by atoms with Crippen molar-refractivity contribution in [3.8, 4) is 0 Å². The highest BCUT2D eigenvalue weighted by atomic mass is 31.2. The third kappa shape index (κ3) is 5.70. The minimum Gasteiger partial charge on any atom is -0.455 e. The summed E-state index contributed by atoms with van der Waals surface area (Å²) in [7, 11) is -3.45. The van der Waals surface area contributed by atoms with Crippen LogP contribution in [-0.2, 0) is 37.6 Å². The van der Waals surface area contributed by atoms with E-state index in [1.807, 2.05) is 0 Å². The standard InChI is InChI=1S/C10H17O10P/c1-5(11)18-8-7(4-17-21(13,14)15)20-10(16-3)9(8)19-6(2)12/h7-10H,4H2,1-3H3,(H2,13,14,15)/t7-,8-,9-,10-/m1/s1. The van der Waals surface area contributed by atoms with Crippen molar-refractivity contribution in [3.05, 3.63) is 0 Å². The summed E-state index contributed by atoms with van der Waals surface area (Å²) >= 11 is 0. The number of ether oxygens (including phenoxy) is 4. The fourth-order valence-electron chi connectivity index (χ4n) is 1.84. The second-order valence-corrected chi connectivity index (χ2v) is 5.45. The van der Waals surface area contributed by atoms with E-state index in [-0.39, 0.29) is 0 Å². The summed E-state index contributed by atoms with van der Waals surface area (Å²) < 4.78 is 35.2. The van der Waals surface area contributed by atoms with Gasteiger partial charge >= 0.3 is 19.8 Å². The van der Waals surface area contributed by atoms with Crippen molar-refractivity contribution in [3.63, 3.8) is 0 Å².